The zero-order valence-electron chi connectivity index (χ0n) is 8.01. The van der Waals surface area contributed by atoms with Gasteiger partial charge in [-0.15, -0.1) is 0 Å². The van der Waals surface area contributed by atoms with Gasteiger partial charge in [0.15, 0.2) is 0 Å². The summed E-state index contributed by atoms with van der Waals surface area (Å²) < 4.78 is 42.8. The summed E-state index contributed by atoms with van der Waals surface area (Å²) in [5.74, 6) is 0.423. The number of hydrogen-bond acceptors (Lipinski definition) is 2. The highest BCUT2D eigenvalue weighted by Gasteiger charge is 2.33. The van der Waals surface area contributed by atoms with Gasteiger partial charge in [-0.25, -0.2) is 4.99 Å². The summed E-state index contributed by atoms with van der Waals surface area (Å²) in [6.07, 6.45) is -4.31. The number of nitrogens with zero attached hydrogens (tertiary/aromatic N) is 1. The minimum Gasteiger partial charge on any atom is -0.476 e. The SMILES string of the molecule is FC(F)(F)c1ccc(C2=NCCO2)cc1I. The first kappa shape index (κ1) is 11.7. The van der Waals surface area contributed by atoms with Crippen LogP contribution >= 0.6 is 22.6 Å². The van der Waals surface area contributed by atoms with Crippen molar-refractivity contribution in [3.05, 3.63) is 32.9 Å². The Labute approximate surface area is 104 Å². The largest absolute Gasteiger partial charge is 0.476 e. The van der Waals surface area contributed by atoms with Crippen LogP contribution in [-0.2, 0) is 10.9 Å². The van der Waals surface area contributed by atoms with Crippen molar-refractivity contribution >= 4 is 28.5 Å². The molecule has 0 unspecified atom stereocenters. The highest BCUT2D eigenvalue weighted by molar-refractivity contribution is 14.1. The predicted octanol–water partition coefficient (Wildman–Crippen LogP) is 3.09. The number of hydrogen-bond donors (Lipinski definition) is 0. The first-order chi connectivity index (χ1) is 7.48. The van der Waals surface area contributed by atoms with Gasteiger partial charge in [0.1, 0.15) is 6.61 Å². The standard InChI is InChI=1S/C10H7F3INO/c11-10(12,13)7-2-1-6(5-8(7)14)9-15-3-4-16-9/h1-2,5H,3-4H2. The van der Waals surface area contributed by atoms with Gasteiger partial charge in [-0.05, 0) is 40.8 Å². The van der Waals surface area contributed by atoms with Crippen molar-refractivity contribution < 1.29 is 17.9 Å². The third kappa shape index (κ3) is 2.31. The van der Waals surface area contributed by atoms with Crippen LogP contribution in [0.15, 0.2) is 23.2 Å². The van der Waals surface area contributed by atoms with Crippen LogP contribution in [0.1, 0.15) is 11.1 Å². The van der Waals surface area contributed by atoms with Crippen molar-refractivity contribution in [1.82, 2.24) is 0 Å². The van der Waals surface area contributed by atoms with Crippen LogP contribution in [0.2, 0.25) is 0 Å². The zero-order valence-corrected chi connectivity index (χ0v) is 10.2. The van der Waals surface area contributed by atoms with Gasteiger partial charge in [0, 0.05) is 9.13 Å². The molecule has 1 aliphatic heterocycles. The van der Waals surface area contributed by atoms with E-state index >= 15 is 0 Å². The minimum absolute atomic E-state index is 0.154. The number of benzene rings is 1. The molecule has 1 heterocycles. The number of halogens is 4. The monoisotopic (exact) mass is 341 g/mol. The lowest BCUT2D eigenvalue weighted by atomic mass is 10.1. The quantitative estimate of drug-likeness (QED) is 0.720. The van der Waals surface area contributed by atoms with E-state index in [4.69, 9.17) is 4.74 Å². The van der Waals surface area contributed by atoms with Crippen molar-refractivity contribution in [3.8, 4) is 0 Å². The molecule has 0 saturated heterocycles. The van der Waals surface area contributed by atoms with Gasteiger partial charge >= 0.3 is 6.18 Å². The smallest absolute Gasteiger partial charge is 0.417 e. The second-order valence-corrected chi connectivity index (χ2v) is 4.39. The number of rotatable bonds is 1. The molecule has 16 heavy (non-hydrogen) atoms. The highest BCUT2D eigenvalue weighted by atomic mass is 127. The van der Waals surface area contributed by atoms with Crippen molar-refractivity contribution in [2.75, 3.05) is 13.2 Å². The molecule has 1 aliphatic rings. The first-order valence-electron chi connectivity index (χ1n) is 4.53. The van der Waals surface area contributed by atoms with Crippen molar-refractivity contribution in [2.24, 2.45) is 4.99 Å². The summed E-state index contributed by atoms with van der Waals surface area (Å²) in [6, 6.07) is 3.88. The van der Waals surface area contributed by atoms with Crippen LogP contribution in [0.3, 0.4) is 0 Å². The van der Waals surface area contributed by atoms with Gasteiger partial charge in [-0.1, -0.05) is 0 Å². The molecule has 0 radical (unpaired) electrons. The van der Waals surface area contributed by atoms with E-state index in [-0.39, 0.29) is 3.57 Å². The Kier molecular flexibility index (Phi) is 3.09. The maximum absolute atomic E-state index is 12.5. The molecule has 0 saturated carbocycles. The molecule has 86 valence electrons. The molecule has 2 rings (SSSR count). The number of ether oxygens (including phenoxy) is 1. The highest BCUT2D eigenvalue weighted by Crippen LogP contribution is 2.33. The average molecular weight is 341 g/mol. The molecule has 1 aromatic carbocycles. The van der Waals surface area contributed by atoms with Gasteiger partial charge in [-0.3, -0.25) is 0 Å². The molecule has 0 fully saturated rings. The molecular formula is C10H7F3INO. The van der Waals surface area contributed by atoms with Crippen molar-refractivity contribution in [2.45, 2.75) is 6.18 Å². The fourth-order valence-electron chi connectivity index (χ4n) is 1.39. The maximum Gasteiger partial charge on any atom is 0.417 e. The van der Waals surface area contributed by atoms with Crippen LogP contribution in [0.25, 0.3) is 0 Å². The minimum atomic E-state index is -4.31. The summed E-state index contributed by atoms with van der Waals surface area (Å²) in [5, 5.41) is 0. The summed E-state index contributed by atoms with van der Waals surface area (Å²) in [5.41, 5.74) is -0.0367. The third-order valence-electron chi connectivity index (χ3n) is 2.11. The van der Waals surface area contributed by atoms with Crippen LogP contribution < -0.4 is 0 Å². The molecule has 0 aliphatic carbocycles. The topological polar surface area (TPSA) is 21.6 Å². The van der Waals surface area contributed by atoms with E-state index in [1.54, 1.807) is 22.6 Å². The number of alkyl halides is 3. The Hall–Kier alpha value is -0.790. The van der Waals surface area contributed by atoms with Gasteiger partial charge in [-0.2, -0.15) is 13.2 Å². The molecule has 0 amide bonds. The lowest BCUT2D eigenvalue weighted by Crippen LogP contribution is -2.09. The fourth-order valence-corrected chi connectivity index (χ4v) is 2.21. The summed E-state index contributed by atoms with van der Waals surface area (Å²) in [7, 11) is 0. The Morgan fingerprint density at radius 3 is 2.56 bits per heavy atom. The lowest BCUT2D eigenvalue weighted by molar-refractivity contribution is -0.138. The molecule has 0 bridgehead atoms. The van der Waals surface area contributed by atoms with E-state index in [9.17, 15) is 13.2 Å². The van der Waals surface area contributed by atoms with Crippen LogP contribution in [0.4, 0.5) is 13.2 Å². The van der Waals surface area contributed by atoms with E-state index in [0.717, 1.165) is 6.07 Å². The molecule has 0 spiro atoms. The second-order valence-electron chi connectivity index (χ2n) is 3.23. The van der Waals surface area contributed by atoms with Crippen LogP contribution in [-0.4, -0.2) is 19.0 Å². The molecule has 0 atom stereocenters. The zero-order chi connectivity index (χ0) is 11.8. The van der Waals surface area contributed by atoms with Crippen LogP contribution in [0, 0.1) is 3.57 Å². The third-order valence-corrected chi connectivity index (χ3v) is 3.00. The van der Waals surface area contributed by atoms with E-state index < -0.39 is 11.7 Å². The molecule has 1 aromatic rings. The Morgan fingerprint density at radius 1 is 1.31 bits per heavy atom. The summed E-state index contributed by atoms with van der Waals surface area (Å²) in [6.45, 7) is 1.06. The first-order valence-corrected chi connectivity index (χ1v) is 5.61. The predicted molar refractivity (Wildman–Crippen MR) is 61.5 cm³/mol. The average Bonchev–Trinajstić information content (AvgIpc) is 2.68. The molecule has 2 nitrogen and oxygen atoms in total. The molecule has 6 heteroatoms. The van der Waals surface area contributed by atoms with Crippen molar-refractivity contribution in [1.29, 1.82) is 0 Å². The fraction of sp³-hybridized carbons (Fsp3) is 0.300. The Morgan fingerprint density at radius 2 is 2.06 bits per heavy atom. The Balaban J connectivity index is 2.36. The van der Waals surface area contributed by atoms with Gasteiger partial charge in [0.2, 0.25) is 5.90 Å². The van der Waals surface area contributed by atoms with E-state index in [1.165, 1.54) is 12.1 Å². The summed E-state index contributed by atoms with van der Waals surface area (Å²) >= 11 is 1.67. The van der Waals surface area contributed by atoms with E-state index in [0.29, 0.717) is 24.6 Å². The van der Waals surface area contributed by atoms with Crippen molar-refractivity contribution in [3.63, 3.8) is 0 Å². The molecule has 0 aromatic heterocycles. The Bertz CT molecular complexity index is 442. The lowest BCUT2D eigenvalue weighted by Gasteiger charge is -2.10. The van der Waals surface area contributed by atoms with Crippen LogP contribution in [0.5, 0.6) is 0 Å². The molecule has 0 N–H and O–H groups in total. The number of aliphatic imine (C=N–C) groups is 1. The molecular weight excluding hydrogens is 334 g/mol. The van der Waals surface area contributed by atoms with Gasteiger partial charge in [0.05, 0.1) is 12.1 Å². The normalized spacial score (nSPS) is 15.9. The second kappa shape index (κ2) is 4.23. The van der Waals surface area contributed by atoms with E-state index in [1.807, 2.05) is 0 Å². The van der Waals surface area contributed by atoms with Gasteiger partial charge in [0.25, 0.3) is 0 Å². The van der Waals surface area contributed by atoms with E-state index in [2.05, 4.69) is 4.99 Å². The summed E-state index contributed by atoms with van der Waals surface area (Å²) in [4.78, 5) is 4.05. The maximum atomic E-state index is 12.5. The van der Waals surface area contributed by atoms with Gasteiger partial charge < -0.3 is 4.74 Å².